The van der Waals surface area contributed by atoms with Gasteiger partial charge in [0.1, 0.15) is 0 Å². The quantitative estimate of drug-likeness (QED) is 0.384. The molecule has 1 aliphatic heterocycles. The molecule has 0 radical (unpaired) electrons. The maximum atomic E-state index is 11.5. The number of piperidine rings is 1. The fourth-order valence-electron chi connectivity index (χ4n) is 2.58. The van der Waals surface area contributed by atoms with E-state index in [9.17, 15) is 8.42 Å². The largest absolute Gasteiger partial charge is 0.356 e. The van der Waals surface area contributed by atoms with E-state index >= 15 is 0 Å². The topological polar surface area (TPSA) is 86.7 Å². The van der Waals surface area contributed by atoms with E-state index in [4.69, 9.17) is 0 Å². The van der Waals surface area contributed by atoms with Gasteiger partial charge in [-0.2, -0.15) is 0 Å². The van der Waals surface area contributed by atoms with Gasteiger partial charge in [0.15, 0.2) is 5.96 Å². The molecule has 1 aromatic heterocycles. The van der Waals surface area contributed by atoms with Crippen molar-refractivity contribution in [3.8, 4) is 0 Å². The molecule has 0 bridgehead atoms. The Balaban J connectivity index is 0.00000288. The molecule has 1 saturated heterocycles. The Morgan fingerprint density at radius 2 is 2.04 bits per heavy atom. The first-order valence-electron chi connectivity index (χ1n) is 7.78. The van der Waals surface area contributed by atoms with Crippen LogP contribution in [-0.2, 0) is 16.6 Å². The Labute approximate surface area is 161 Å². The second-order valence-corrected chi connectivity index (χ2v) is 7.72. The molecule has 0 atom stereocenters. The van der Waals surface area contributed by atoms with E-state index in [-0.39, 0.29) is 24.0 Å². The van der Waals surface area contributed by atoms with E-state index in [0.717, 1.165) is 31.0 Å². The summed E-state index contributed by atoms with van der Waals surface area (Å²) in [5.41, 5.74) is 0.955. The molecule has 9 heteroatoms. The van der Waals surface area contributed by atoms with Gasteiger partial charge in [-0.3, -0.25) is 9.98 Å². The monoisotopic (exact) mass is 467 g/mol. The minimum absolute atomic E-state index is 0. The molecule has 0 unspecified atom stereocenters. The van der Waals surface area contributed by atoms with Crippen LogP contribution in [0.25, 0.3) is 0 Å². The smallest absolute Gasteiger partial charge is 0.211 e. The highest BCUT2D eigenvalue weighted by Crippen LogP contribution is 2.18. The van der Waals surface area contributed by atoms with Gasteiger partial charge in [-0.15, -0.1) is 24.0 Å². The summed E-state index contributed by atoms with van der Waals surface area (Å²) in [5, 5.41) is 6.53. The van der Waals surface area contributed by atoms with E-state index in [1.54, 1.807) is 17.5 Å². The molecule has 0 aromatic carbocycles. The zero-order valence-corrected chi connectivity index (χ0v) is 17.3. The van der Waals surface area contributed by atoms with Crippen molar-refractivity contribution in [1.82, 2.24) is 19.9 Å². The third-order valence-corrected chi connectivity index (χ3v) is 5.29. The molecule has 2 rings (SSSR count). The third kappa shape index (κ3) is 6.89. The van der Waals surface area contributed by atoms with Gasteiger partial charge in [0.05, 0.1) is 18.5 Å². The number of guanidine groups is 1. The molecule has 24 heavy (non-hydrogen) atoms. The Morgan fingerprint density at radius 3 is 2.58 bits per heavy atom. The highest BCUT2D eigenvalue weighted by atomic mass is 127. The van der Waals surface area contributed by atoms with Crippen LogP contribution < -0.4 is 10.6 Å². The molecule has 136 valence electrons. The molecule has 2 N–H and O–H groups in total. The molecule has 0 amide bonds. The SMILES string of the molecule is CN=C(NCc1ccccn1)NCC1CCN(S(C)(=O)=O)CC1.I. The maximum absolute atomic E-state index is 11.5. The van der Waals surface area contributed by atoms with E-state index < -0.39 is 10.0 Å². The van der Waals surface area contributed by atoms with Crippen LogP contribution in [-0.4, -0.2) is 56.6 Å². The molecule has 1 aromatic rings. The van der Waals surface area contributed by atoms with Crippen molar-refractivity contribution in [1.29, 1.82) is 0 Å². The number of nitrogens with zero attached hydrogens (tertiary/aromatic N) is 3. The highest BCUT2D eigenvalue weighted by molar-refractivity contribution is 14.0. The van der Waals surface area contributed by atoms with E-state index in [2.05, 4.69) is 20.6 Å². The maximum Gasteiger partial charge on any atom is 0.211 e. The summed E-state index contributed by atoms with van der Waals surface area (Å²) < 4.78 is 24.6. The second-order valence-electron chi connectivity index (χ2n) is 5.73. The molecule has 1 aliphatic rings. The first kappa shape index (κ1) is 21.1. The Kier molecular flexibility index (Phi) is 8.92. The zero-order valence-electron chi connectivity index (χ0n) is 14.1. The van der Waals surface area contributed by atoms with Crippen LogP contribution in [0.1, 0.15) is 18.5 Å². The van der Waals surface area contributed by atoms with Crippen LogP contribution in [0.4, 0.5) is 0 Å². The van der Waals surface area contributed by atoms with Crippen molar-refractivity contribution in [2.24, 2.45) is 10.9 Å². The van der Waals surface area contributed by atoms with Gasteiger partial charge in [-0.05, 0) is 30.9 Å². The molecule has 7 nitrogen and oxygen atoms in total. The van der Waals surface area contributed by atoms with Gasteiger partial charge in [0, 0.05) is 32.9 Å². The standard InChI is InChI=1S/C15H25N5O2S.HI/c1-16-15(19-12-14-5-3-4-8-17-14)18-11-13-6-9-20(10-7-13)23(2,21)22;/h3-5,8,13H,6-7,9-12H2,1-2H3,(H2,16,18,19);1H. The lowest BCUT2D eigenvalue weighted by molar-refractivity contribution is 0.275. The molecule has 0 aliphatic carbocycles. The van der Waals surface area contributed by atoms with E-state index in [1.165, 1.54) is 6.26 Å². The lowest BCUT2D eigenvalue weighted by Gasteiger charge is -2.30. The number of nitrogens with one attached hydrogen (secondary N) is 2. The van der Waals surface area contributed by atoms with Gasteiger partial charge in [-0.25, -0.2) is 12.7 Å². The summed E-state index contributed by atoms with van der Waals surface area (Å²) >= 11 is 0. The Morgan fingerprint density at radius 1 is 1.33 bits per heavy atom. The number of rotatable bonds is 5. The fraction of sp³-hybridized carbons (Fsp3) is 0.600. The third-order valence-electron chi connectivity index (χ3n) is 3.99. The first-order chi connectivity index (χ1) is 11.0. The summed E-state index contributed by atoms with van der Waals surface area (Å²) in [6.07, 6.45) is 4.78. The number of pyridine rings is 1. The van der Waals surface area contributed by atoms with Gasteiger partial charge in [0.2, 0.25) is 10.0 Å². The molecular formula is C15H26IN5O2S. The number of aromatic nitrogens is 1. The van der Waals surface area contributed by atoms with Gasteiger partial charge >= 0.3 is 0 Å². The normalized spacial score (nSPS) is 17.2. The minimum atomic E-state index is -3.05. The molecule has 2 heterocycles. The van der Waals surface area contributed by atoms with Crippen LogP contribution >= 0.6 is 24.0 Å². The number of sulfonamides is 1. The average Bonchev–Trinajstić information content (AvgIpc) is 2.55. The van der Waals surface area contributed by atoms with Crippen LogP contribution in [0, 0.1) is 5.92 Å². The second kappa shape index (κ2) is 10.1. The lowest BCUT2D eigenvalue weighted by atomic mass is 9.98. The van der Waals surface area contributed by atoms with Crippen molar-refractivity contribution in [2.75, 3.05) is 32.9 Å². The lowest BCUT2D eigenvalue weighted by Crippen LogP contribution is -2.43. The van der Waals surface area contributed by atoms with Crippen molar-refractivity contribution in [3.63, 3.8) is 0 Å². The van der Waals surface area contributed by atoms with Crippen LogP contribution in [0.2, 0.25) is 0 Å². The van der Waals surface area contributed by atoms with Gasteiger partial charge in [0.25, 0.3) is 0 Å². The minimum Gasteiger partial charge on any atom is -0.356 e. The van der Waals surface area contributed by atoms with Crippen LogP contribution in [0.3, 0.4) is 0 Å². The van der Waals surface area contributed by atoms with E-state index in [0.29, 0.717) is 25.6 Å². The van der Waals surface area contributed by atoms with Crippen LogP contribution in [0.15, 0.2) is 29.4 Å². The van der Waals surface area contributed by atoms with E-state index in [1.807, 2.05) is 18.2 Å². The van der Waals surface area contributed by atoms with Gasteiger partial charge < -0.3 is 10.6 Å². The van der Waals surface area contributed by atoms with Crippen molar-refractivity contribution in [3.05, 3.63) is 30.1 Å². The number of hydrogen-bond donors (Lipinski definition) is 2. The fourth-order valence-corrected chi connectivity index (χ4v) is 3.46. The predicted octanol–water partition coefficient (Wildman–Crippen LogP) is 1.04. The van der Waals surface area contributed by atoms with Crippen molar-refractivity contribution < 1.29 is 8.42 Å². The predicted molar refractivity (Wildman–Crippen MR) is 107 cm³/mol. The summed E-state index contributed by atoms with van der Waals surface area (Å²) in [7, 11) is -1.32. The number of halogens is 1. The zero-order chi connectivity index (χ0) is 16.7. The molecule has 0 spiro atoms. The highest BCUT2D eigenvalue weighted by Gasteiger charge is 2.24. The molecule has 1 fully saturated rings. The summed E-state index contributed by atoms with van der Waals surface area (Å²) in [4.78, 5) is 8.46. The number of aliphatic imine (C=N–C) groups is 1. The summed E-state index contributed by atoms with van der Waals surface area (Å²) in [6, 6.07) is 5.80. The van der Waals surface area contributed by atoms with Crippen molar-refractivity contribution in [2.45, 2.75) is 19.4 Å². The first-order valence-corrected chi connectivity index (χ1v) is 9.63. The number of hydrogen-bond acceptors (Lipinski definition) is 4. The van der Waals surface area contributed by atoms with Crippen LogP contribution in [0.5, 0.6) is 0 Å². The molecule has 0 saturated carbocycles. The molecular weight excluding hydrogens is 441 g/mol. The summed E-state index contributed by atoms with van der Waals surface area (Å²) in [5.74, 6) is 1.20. The Bertz CT molecular complexity index is 616. The Hall–Kier alpha value is -0.940. The summed E-state index contributed by atoms with van der Waals surface area (Å²) in [6.45, 7) is 2.61. The van der Waals surface area contributed by atoms with Gasteiger partial charge in [-0.1, -0.05) is 6.07 Å². The average molecular weight is 467 g/mol. The van der Waals surface area contributed by atoms with Crippen molar-refractivity contribution >= 4 is 40.0 Å².